The van der Waals surface area contributed by atoms with Gasteiger partial charge in [0.1, 0.15) is 22.3 Å². The standard InChI is InChI=1S/C21H27N7O3S/c1-4-28-18-15(30-9-6-13-12-32-10-8-23-13)11-24-14(5-7-21(2,3)29)16(18)25-20(28)17-19(22)27-31-26-17/h11,13,23,29H,4,6,8-10,12H2,1-3H3,(H2,22,27). The van der Waals surface area contributed by atoms with E-state index >= 15 is 0 Å². The van der Waals surface area contributed by atoms with Gasteiger partial charge in [-0.3, -0.25) is 0 Å². The van der Waals surface area contributed by atoms with Gasteiger partial charge in [-0.15, -0.1) is 0 Å². The fourth-order valence-corrected chi connectivity index (χ4v) is 4.48. The summed E-state index contributed by atoms with van der Waals surface area (Å²) in [5.41, 5.74) is 6.84. The van der Waals surface area contributed by atoms with Gasteiger partial charge in [0.25, 0.3) is 0 Å². The summed E-state index contributed by atoms with van der Waals surface area (Å²) in [6.45, 7) is 7.37. The van der Waals surface area contributed by atoms with Crippen LogP contribution in [0, 0.1) is 11.8 Å². The van der Waals surface area contributed by atoms with Gasteiger partial charge in [-0.2, -0.15) is 11.8 Å². The molecule has 1 saturated heterocycles. The molecule has 0 spiro atoms. The maximum Gasteiger partial charge on any atom is 0.199 e. The van der Waals surface area contributed by atoms with Gasteiger partial charge in [-0.1, -0.05) is 5.92 Å². The minimum absolute atomic E-state index is 0.149. The van der Waals surface area contributed by atoms with Gasteiger partial charge in [0, 0.05) is 30.6 Å². The summed E-state index contributed by atoms with van der Waals surface area (Å²) >= 11 is 1.96. The summed E-state index contributed by atoms with van der Waals surface area (Å²) in [5.74, 6) is 9.22. The summed E-state index contributed by atoms with van der Waals surface area (Å²) in [5, 5.41) is 21.1. The average Bonchev–Trinajstić information content (AvgIpc) is 3.36. The quantitative estimate of drug-likeness (QED) is 0.469. The second-order valence-corrected chi connectivity index (χ2v) is 9.17. The first-order valence-electron chi connectivity index (χ1n) is 10.5. The molecular weight excluding hydrogens is 430 g/mol. The van der Waals surface area contributed by atoms with E-state index in [1.54, 1.807) is 20.0 Å². The SMILES string of the molecule is CCn1c(-c2nonc2N)nc2c(C#CC(C)(C)O)ncc(OCCC3CSCCN3)c21. The number of aliphatic hydroxyl groups is 1. The van der Waals surface area contributed by atoms with E-state index in [4.69, 9.17) is 20.1 Å². The number of pyridine rings is 1. The Hall–Kier alpha value is -2.81. The number of anilines is 1. The van der Waals surface area contributed by atoms with E-state index in [2.05, 4.69) is 32.5 Å². The van der Waals surface area contributed by atoms with Crippen molar-refractivity contribution in [1.82, 2.24) is 30.2 Å². The predicted octanol–water partition coefficient (Wildman–Crippen LogP) is 1.68. The molecule has 0 aromatic carbocycles. The van der Waals surface area contributed by atoms with Crippen molar-refractivity contribution >= 4 is 28.6 Å². The predicted molar refractivity (Wildman–Crippen MR) is 123 cm³/mol. The van der Waals surface area contributed by atoms with E-state index in [1.165, 1.54) is 0 Å². The third-order valence-electron chi connectivity index (χ3n) is 4.99. The monoisotopic (exact) mass is 457 g/mol. The minimum atomic E-state index is -1.16. The molecule has 0 saturated carbocycles. The van der Waals surface area contributed by atoms with Crippen molar-refractivity contribution in [3.05, 3.63) is 11.9 Å². The number of aromatic nitrogens is 5. The van der Waals surface area contributed by atoms with E-state index in [1.807, 2.05) is 23.3 Å². The molecule has 1 aliphatic heterocycles. The molecule has 4 heterocycles. The van der Waals surface area contributed by atoms with Crippen molar-refractivity contribution in [2.45, 2.75) is 45.4 Å². The van der Waals surface area contributed by atoms with Crippen molar-refractivity contribution in [1.29, 1.82) is 0 Å². The molecule has 170 valence electrons. The summed E-state index contributed by atoms with van der Waals surface area (Å²) in [7, 11) is 0. The Morgan fingerprint density at radius 2 is 2.28 bits per heavy atom. The average molecular weight is 458 g/mol. The van der Waals surface area contributed by atoms with E-state index in [0.29, 0.717) is 47.7 Å². The first-order valence-corrected chi connectivity index (χ1v) is 11.7. The molecule has 3 aromatic heterocycles. The van der Waals surface area contributed by atoms with Crippen LogP contribution < -0.4 is 15.8 Å². The van der Waals surface area contributed by atoms with Crippen LogP contribution in [-0.2, 0) is 6.54 Å². The number of nitrogens with one attached hydrogen (secondary N) is 1. The van der Waals surface area contributed by atoms with Crippen LogP contribution >= 0.6 is 11.8 Å². The molecule has 0 amide bonds. The number of fused-ring (bicyclic) bond motifs is 1. The van der Waals surface area contributed by atoms with Crippen LogP contribution in [0.15, 0.2) is 10.8 Å². The molecule has 4 rings (SSSR count). The first-order chi connectivity index (χ1) is 15.4. The largest absolute Gasteiger partial charge is 0.490 e. The molecule has 4 N–H and O–H groups in total. The molecule has 1 aliphatic rings. The fourth-order valence-electron chi connectivity index (χ4n) is 3.48. The number of imidazole rings is 1. The zero-order valence-corrected chi connectivity index (χ0v) is 19.2. The number of hydrogen-bond acceptors (Lipinski definition) is 10. The number of nitrogens with zero attached hydrogens (tertiary/aromatic N) is 5. The second-order valence-electron chi connectivity index (χ2n) is 8.02. The highest BCUT2D eigenvalue weighted by atomic mass is 32.2. The molecule has 0 radical (unpaired) electrons. The van der Waals surface area contributed by atoms with E-state index in [0.717, 1.165) is 30.0 Å². The van der Waals surface area contributed by atoms with Gasteiger partial charge >= 0.3 is 0 Å². The van der Waals surface area contributed by atoms with Crippen LogP contribution in [-0.4, -0.2) is 66.3 Å². The summed E-state index contributed by atoms with van der Waals surface area (Å²) in [4.78, 5) is 9.20. The molecule has 11 heteroatoms. The van der Waals surface area contributed by atoms with Crippen molar-refractivity contribution < 1.29 is 14.5 Å². The smallest absolute Gasteiger partial charge is 0.199 e. The molecule has 1 atom stereocenters. The lowest BCUT2D eigenvalue weighted by Gasteiger charge is -2.23. The van der Waals surface area contributed by atoms with Gasteiger partial charge < -0.3 is 25.5 Å². The van der Waals surface area contributed by atoms with Crippen molar-refractivity contribution in [2.75, 3.05) is 30.4 Å². The minimum Gasteiger partial charge on any atom is -0.490 e. The Kier molecular flexibility index (Phi) is 6.55. The number of aryl methyl sites for hydroxylation is 1. The molecule has 3 aromatic rings. The lowest BCUT2D eigenvalue weighted by molar-refractivity contribution is 0.143. The lowest BCUT2D eigenvalue weighted by atomic mass is 10.1. The van der Waals surface area contributed by atoms with E-state index in [-0.39, 0.29) is 5.82 Å². The Balaban J connectivity index is 1.75. The lowest BCUT2D eigenvalue weighted by Crippen LogP contribution is -2.38. The van der Waals surface area contributed by atoms with Gasteiger partial charge in [0.2, 0.25) is 0 Å². The Morgan fingerprint density at radius 3 is 2.94 bits per heavy atom. The number of thioether (sulfide) groups is 1. The summed E-state index contributed by atoms with van der Waals surface area (Å²) in [6, 6.07) is 0.432. The zero-order chi connectivity index (χ0) is 22.7. The summed E-state index contributed by atoms with van der Waals surface area (Å²) in [6.07, 6.45) is 2.55. The highest BCUT2D eigenvalue weighted by molar-refractivity contribution is 7.99. The molecule has 1 fully saturated rings. The number of nitrogens with two attached hydrogens (primary N) is 1. The van der Waals surface area contributed by atoms with Gasteiger partial charge in [-0.05, 0) is 43.4 Å². The number of ether oxygens (including phenoxy) is 1. The van der Waals surface area contributed by atoms with Crippen LogP contribution in [0.5, 0.6) is 5.75 Å². The highest BCUT2D eigenvalue weighted by Gasteiger charge is 2.23. The van der Waals surface area contributed by atoms with Crippen LogP contribution in [0.4, 0.5) is 5.82 Å². The highest BCUT2D eigenvalue weighted by Crippen LogP contribution is 2.33. The Bertz CT molecular complexity index is 1150. The Labute approximate surface area is 190 Å². The van der Waals surface area contributed by atoms with Crippen LogP contribution in [0.25, 0.3) is 22.6 Å². The van der Waals surface area contributed by atoms with Crippen molar-refractivity contribution in [2.24, 2.45) is 0 Å². The molecule has 0 aliphatic carbocycles. The van der Waals surface area contributed by atoms with Gasteiger partial charge in [-0.25, -0.2) is 14.6 Å². The number of rotatable bonds is 6. The number of nitrogen functional groups attached to an aromatic ring is 1. The van der Waals surface area contributed by atoms with E-state index in [9.17, 15) is 5.11 Å². The van der Waals surface area contributed by atoms with Crippen LogP contribution in [0.2, 0.25) is 0 Å². The molecule has 0 bridgehead atoms. The van der Waals surface area contributed by atoms with Gasteiger partial charge in [0.05, 0.1) is 12.8 Å². The molecule has 10 nitrogen and oxygen atoms in total. The first kappa shape index (κ1) is 22.4. The normalized spacial score (nSPS) is 16.7. The number of hydrogen-bond donors (Lipinski definition) is 3. The van der Waals surface area contributed by atoms with E-state index < -0.39 is 5.60 Å². The van der Waals surface area contributed by atoms with Crippen molar-refractivity contribution in [3.8, 4) is 29.1 Å². The fraction of sp³-hybridized carbons (Fsp3) is 0.524. The van der Waals surface area contributed by atoms with Gasteiger partial charge in [0.15, 0.2) is 23.1 Å². The molecular formula is C21H27N7O3S. The third-order valence-corrected chi connectivity index (χ3v) is 6.12. The molecule has 1 unspecified atom stereocenters. The summed E-state index contributed by atoms with van der Waals surface area (Å²) < 4.78 is 12.9. The van der Waals surface area contributed by atoms with Crippen LogP contribution in [0.1, 0.15) is 32.9 Å². The maximum absolute atomic E-state index is 10.0. The van der Waals surface area contributed by atoms with Crippen molar-refractivity contribution in [3.63, 3.8) is 0 Å². The topological polar surface area (TPSA) is 137 Å². The zero-order valence-electron chi connectivity index (χ0n) is 18.4. The van der Waals surface area contributed by atoms with Crippen LogP contribution in [0.3, 0.4) is 0 Å². The maximum atomic E-state index is 10.0. The second kappa shape index (κ2) is 9.36. The molecule has 32 heavy (non-hydrogen) atoms. The Morgan fingerprint density at radius 1 is 1.44 bits per heavy atom. The third kappa shape index (κ3) is 4.82.